The molecule has 23 heavy (non-hydrogen) atoms. The van der Waals surface area contributed by atoms with E-state index in [-0.39, 0.29) is 11.4 Å². The molecule has 1 spiro atoms. The van der Waals surface area contributed by atoms with Crippen molar-refractivity contribution in [2.45, 2.75) is 31.1 Å². The number of ether oxygens (including phenoxy) is 2. The molecule has 0 amide bonds. The number of likely N-dealkylation sites (N-methyl/N-ethyl adjacent to an activating group) is 1. The number of nitrogens with zero attached hydrogens (tertiary/aromatic N) is 2. The standard InChI is InChI=1S/C18H27FN2O2/c1-20(2)12-17-7-8-18(23-17)13-21(9-10-22-14-18)11-15-3-5-16(19)6-4-15/h3-6,17H,7-14H2,1-2H3/t17-,18-/m0/s1. The average molecular weight is 322 g/mol. The summed E-state index contributed by atoms with van der Waals surface area (Å²) in [5.74, 6) is -0.185. The Morgan fingerprint density at radius 3 is 2.83 bits per heavy atom. The van der Waals surface area contributed by atoms with Gasteiger partial charge in [-0.05, 0) is 44.6 Å². The molecular weight excluding hydrogens is 295 g/mol. The molecule has 0 aliphatic carbocycles. The first-order valence-corrected chi connectivity index (χ1v) is 8.42. The molecule has 0 aromatic heterocycles. The van der Waals surface area contributed by atoms with E-state index in [1.807, 2.05) is 12.1 Å². The molecule has 0 bridgehead atoms. The quantitative estimate of drug-likeness (QED) is 0.848. The Bertz CT molecular complexity index is 508. The molecule has 5 heteroatoms. The van der Waals surface area contributed by atoms with Gasteiger partial charge in [-0.25, -0.2) is 4.39 Å². The molecule has 2 heterocycles. The molecule has 2 atom stereocenters. The van der Waals surface area contributed by atoms with Gasteiger partial charge in [-0.1, -0.05) is 12.1 Å². The molecule has 3 rings (SSSR count). The lowest BCUT2D eigenvalue weighted by Gasteiger charge is -2.32. The Kier molecular flexibility index (Phi) is 5.31. The SMILES string of the molecule is CN(C)C[C@@H]1CC[C@]2(COCCN(Cc3ccc(F)cc3)C2)O1. The second-order valence-electron chi connectivity index (χ2n) is 7.11. The van der Waals surface area contributed by atoms with E-state index in [0.29, 0.717) is 12.7 Å². The lowest BCUT2D eigenvalue weighted by atomic mass is 9.99. The summed E-state index contributed by atoms with van der Waals surface area (Å²) in [4.78, 5) is 4.55. The van der Waals surface area contributed by atoms with Gasteiger partial charge in [0.05, 0.1) is 19.3 Å². The van der Waals surface area contributed by atoms with Gasteiger partial charge < -0.3 is 14.4 Å². The zero-order valence-corrected chi connectivity index (χ0v) is 14.1. The number of hydrogen-bond acceptors (Lipinski definition) is 4. The smallest absolute Gasteiger partial charge is 0.123 e. The van der Waals surface area contributed by atoms with Crippen LogP contribution in [0.2, 0.25) is 0 Å². The van der Waals surface area contributed by atoms with E-state index >= 15 is 0 Å². The minimum absolute atomic E-state index is 0.183. The van der Waals surface area contributed by atoms with Crippen molar-refractivity contribution in [1.82, 2.24) is 9.80 Å². The minimum atomic E-state index is -0.185. The summed E-state index contributed by atoms with van der Waals surface area (Å²) in [5.41, 5.74) is 0.947. The van der Waals surface area contributed by atoms with Gasteiger partial charge in [0.25, 0.3) is 0 Å². The Morgan fingerprint density at radius 1 is 1.30 bits per heavy atom. The van der Waals surface area contributed by atoms with E-state index in [1.165, 1.54) is 12.1 Å². The van der Waals surface area contributed by atoms with Gasteiger partial charge in [-0.15, -0.1) is 0 Å². The number of halogens is 1. The zero-order valence-electron chi connectivity index (χ0n) is 14.1. The van der Waals surface area contributed by atoms with Gasteiger partial charge in [0.15, 0.2) is 0 Å². The highest BCUT2D eigenvalue weighted by molar-refractivity contribution is 5.16. The maximum atomic E-state index is 13.1. The van der Waals surface area contributed by atoms with E-state index in [2.05, 4.69) is 23.9 Å². The van der Waals surface area contributed by atoms with Crippen LogP contribution in [0, 0.1) is 5.82 Å². The predicted octanol–water partition coefficient (Wildman–Crippen LogP) is 2.14. The van der Waals surface area contributed by atoms with Crippen molar-refractivity contribution in [3.8, 4) is 0 Å². The Balaban J connectivity index is 1.63. The fourth-order valence-corrected chi connectivity index (χ4v) is 3.62. The third-order valence-electron chi connectivity index (χ3n) is 4.66. The van der Waals surface area contributed by atoms with Crippen LogP contribution in [-0.4, -0.2) is 68.4 Å². The fourth-order valence-electron chi connectivity index (χ4n) is 3.62. The first-order chi connectivity index (χ1) is 11.0. The summed E-state index contributed by atoms with van der Waals surface area (Å²) < 4.78 is 25.3. The molecular formula is C18H27FN2O2. The van der Waals surface area contributed by atoms with E-state index in [1.54, 1.807) is 0 Å². The van der Waals surface area contributed by atoms with E-state index in [0.717, 1.165) is 51.2 Å². The van der Waals surface area contributed by atoms with E-state index < -0.39 is 0 Å². The highest BCUT2D eigenvalue weighted by Gasteiger charge is 2.43. The van der Waals surface area contributed by atoms with Gasteiger partial charge in [-0.3, -0.25) is 4.90 Å². The molecule has 2 saturated heterocycles. The normalized spacial score (nSPS) is 29.3. The third kappa shape index (κ3) is 4.51. The lowest BCUT2D eigenvalue weighted by molar-refractivity contribution is -0.0902. The number of benzene rings is 1. The van der Waals surface area contributed by atoms with Crippen molar-refractivity contribution in [2.75, 3.05) is 46.9 Å². The van der Waals surface area contributed by atoms with Gasteiger partial charge in [0.1, 0.15) is 11.4 Å². The van der Waals surface area contributed by atoms with Crippen molar-refractivity contribution in [3.05, 3.63) is 35.6 Å². The average Bonchev–Trinajstić information content (AvgIpc) is 2.76. The highest BCUT2D eigenvalue weighted by Crippen LogP contribution is 2.33. The third-order valence-corrected chi connectivity index (χ3v) is 4.66. The molecule has 1 aromatic rings. The van der Waals surface area contributed by atoms with Crippen LogP contribution in [0.5, 0.6) is 0 Å². The second kappa shape index (κ2) is 7.26. The molecule has 2 aliphatic heterocycles. The first-order valence-electron chi connectivity index (χ1n) is 8.42. The fraction of sp³-hybridized carbons (Fsp3) is 0.667. The Hall–Kier alpha value is -1.01. The van der Waals surface area contributed by atoms with E-state index in [9.17, 15) is 4.39 Å². The van der Waals surface area contributed by atoms with Gasteiger partial charge >= 0.3 is 0 Å². The molecule has 0 radical (unpaired) electrons. The van der Waals surface area contributed by atoms with Crippen LogP contribution in [0.1, 0.15) is 18.4 Å². The van der Waals surface area contributed by atoms with Crippen LogP contribution < -0.4 is 0 Å². The van der Waals surface area contributed by atoms with Crippen molar-refractivity contribution in [2.24, 2.45) is 0 Å². The van der Waals surface area contributed by atoms with Crippen molar-refractivity contribution in [1.29, 1.82) is 0 Å². The maximum Gasteiger partial charge on any atom is 0.123 e. The van der Waals surface area contributed by atoms with Gasteiger partial charge in [0.2, 0.25) is 0 Å². The predicted molar refractivity (Wildman–Crippen MR) is 87.9 cm³/mol. The molecule has 0 N–H and O–H groups in total. The van der Waals surface area contributed by atoms with Gasteiger partial charge in [0, 0.05) is 26.2 Å². The molecule has 128 valence electrons. The highest BCUT2D eigenvalue weighted by atomic mass is 19.1. The molecule has 4 nitrogen and oxygen atoms in total. The topological polar surface area (TPSA) is 24.9 Å². The molecule has 2 fully saturated rings. The maximum absolute atomic E-state index is 13.1. The molecule has 0 unspecified atom stereocenters. The van der Waals surface area contributed by atoms with Crippen LogP contribution in [-0.2, 0) is 16.0 Å². The summed E-state index contributed by atoms with van der Waals surface area (Å²) in [5, 5.41) is 0. The van der Waals surface area contributed by atoms with Crippen molar-refractivity contribution in [3.63, 3.8) is 0 Å². The zero-order chi connectivity index (χ0) is 16.3. The Morgan fingerprint density at radius 2 is 2.09 bits per heavy atom. The molecule has 0 saturated carbocycles. The van der Waals surface area contributed by atoms with Crippen LogP contribution in [0.4, 0.5) is 4.39 Å². The largest absolute Gasteiger partial charge is 0.377 e. The minimum Gasteiger partial charge on any atom is -0.377 e. The van der Waals surface area contributed by atoms with Crippen molar-refractivity contribution < 1.29 is 13.9 Å². The monoisotopic (exact) mass is 322 g/mol. The summed E-state index contributed by atoms with van der Waals surface area (Å²) in [7, 11) is 4.16. The summed E-state index contributed by atoms with van der Waals surface area (Å²) in [6.45, 7) is 4.95. The van der Waals surface area contributed by atoms with E-state index in [4.69, 9.17) is 9.47 Å². The summed E-state index contributed by atoms with van der Waals surface area (Å²) in [6, 6.07) is 6.77. The molecule has 2 aliphatic rings. The van der Waals surface area contributed by atoms with Gasteiger partial charge in [-0.2, -0.15) is 0 Å². The first kappa shape index (κ1) is 16.8. The second-order valence-corrected chi connectivity index (χ2v) is 7.11. The molecule has 1 aromatic carbocycles. The summed E-state index contributed by atoms with van der Waals surface area (Å²) >= 11 is 0. The van der Waals surface area contributed by atoms with Crippen LogP contribution >= 0.6 is 0 Å². The van der Waals surface area contributed by atoms with Crippen LogP contribution in [0.3, 0.4) is 0 Å². The van der Waals surface area contributed by atoms with Crippen LogP contribution in [0.15, 0.2) is 24.3 Å². The van der Waals surface area contributed by atoms with Crippen molar-refractivity contribution >= 4 is 0 Å². The lowest BCUT2D eigenvalue weighted by Crippen LogP contribution is -2.45. The number of hydrogen-bond donors (Lipinski definition) is 0. The summed E-state index contributed by atoms with van der Waals surface area (Å²) in [6.07, 6.45) is 2.43. The number of rotatable bonds is 4. The van der Waals surface area contributed by atoms with Crippen LogP contribution in [0.25, 0.3) is 0 Å². The Labute approximate surface area is 138 Å².